The molecule has 3 rings (SSSR count). The second-order valence-corrected chi connectivity index (χ2v) is 16.7. The molecule has 2 atom stereocenters. The SMILES string of the molecule is COC(=O)CC(CC[C@H](O[Si](C)(C)C(C)(C)C)c1ccc(F)cc1)C(=O)c1ccc(OC)cc1OCc1ccccc1. The lowest BCUT2D eigenvalue weighted by molar-refractivity contribution is -0.141. The first-order chi connectivity index (χ1) is 19.8. The Balaban J connectivity index is 1.91. The average molecular weight is 595 g/mol. The minimum absolute atomic E-state index is 0.0550. The Bertz CT molecular complexity index is 1320. The summed E-state index contributed by atoms with van der Waals surface area (Å²) in [5.74, 6) is -0.778. The van der Waals surface area contributed by atoms with Crippen LogP contribution in [0.2, 0.25) is 18.1 Å². The van der Waals surface area contributed by atoms with Gasteiger partial charge in [0.1, 0.15) is 23.9 Å². The van der Waals surface area contributed by atoms with Gasteiger partial charge in [0.25, 0.3) is 0 Å². The van der Waals surface area contributed by atoms with E-state index in [2.05, 4.69) is 33.9 Å². The molecule has 0 amide bonds. The van der Waals surface area contributed by atoms with Crippen molar-refractivity contribution in [3.63, 3.8) is 0 Å². The highest BCUT2D eigenvalue weighted by atomic mass is 28.4. The summed E-state index contributed by atoms with van der Waals surface area (Å²) >= 11 is 0. The van der Waals surface area contributed by atoms with Crippen LogP contribution in [0.15, 0.2) is 72.8 Å². The van der Waals surface area contributed by atoms with E-state index in [0.29, 0.717) is 29.9 Å². The third-order valence-electron chi connectivity index (χ3n) is 7.97. The second-order valence-electron chi connectivity index (χ2n) is 12.0. The van der Waals surface area contributed by atoms with Crippen molar-refractivity contribution in [1.82, 2.24) is 0 Å². The molecule has 0 bridgehead atoms. The predicted octanol–water partition coefficient (Wildman–Crippen LogP) is 8.32. The first-order valence-corrected chi connectivity index (χ1v) is 17.1. The molecule has 3 aromatic carbocycles. The molecule has 0 aliphatic rings. The van der Waals surface area contributed by atoms with E-state index >= 15 is 0 Å². The van der Waals surface area contributed by atoms with Crippen LogP contribution in [0.25, 0.3) is 0 Å². The highest BCUT2D eigenvalue weighted by Crippen LogP contribution is 2.41. The highest BCUT2D eigenvalue weighted by molar-refractivity contribution is 6.74. The number of ketones is 1. The molecular weight excluding hydrogens is 551 g/mol. The molecule has 6 nitrogen and oxygen atoms in total. The summed E-state index contributed by atoms with van der Waals surface area (Å²) in [6.07, 6.45) is 0.357. The fraction of sp³-hybridized carbons (Fsp3) is 0.412. The quantitative estimate of drug-likeness (QED) is 0.106. The van der Waals surface area contributed by atoms with Gasteiger partial charge in [0, 0.05) is 12.0 Å². The Hall–Kier alpha value is -3.49. The summed E-state index contributed by atoms with van der Waals surface area (Å²) in [7, 11) is 0.631. The van der Waals surface area contributed by atoms with Crippen LogP contribution < -0.4 is 9.47 Å². The molecule has 0 aliphatic heterocycles. The van der Waals surface area contributed by atoms with Crippen LogP contribution in [0.3, 0.4) is 0 Å². The largest absolute Gasteiger partial charge is 0.497 e. The van der Waals surface area contributed by atoms with Crippen molar-refractivity contribution in [2.24, 2.45) is 5.92 Å². The van der Waals surface area contributed by atoms with Gasteiger partial charge in [-0.15, -0.1) is 0 Å². The lowest BCUT2D eigenvalue weighted by atomic mass is 9.88. The second kappa shape index (κ2) is 14.6. The maximum Gasteiger partial charge on any atom is 0.306 e. The first kappa shape index (κ1) is 33.0. The maximum absolute atomic E-state index is 14.1. The van der Waals surface area contributed by atoms with E-state index in [1.165, 1.54) is 19.2 Å². The zero-order valence-electron chi connectivity index (χ0n) is 25.7. The molecule has 0 aliphatic carbocycles. The molecule has 3 aromatic rings. The molecule has 0 saturated carbocycles. The summed E-state index contributed by atoms with van der Waals surface area (Å²) in [5, 5.41) is -0.0550. The van der Waals surface area contributed by atoms with Crippen molar-refractivity contribution < 1.29 is 32.6 Å². The number of hydrogen-bond acceptors (Lipinski definition) is 6. The van der Waals surface area contributed by atoms with Crippen LogP contribution in [0.4, 0.5) is 4.39 Å². The number of halogens is 1. The van der Waals surface area contributed by atoms with Crippen LogP contribution in [-0.4, -0.2) is 34.3 Å². The van der Waals surface area contributed by atoms with Crippen molar-refractivity contribution >= 4 is 20.1 Å². The molecule has 0 fully saturated rings. The summed E-state index contributed by atoms with van der Waals surface area (Å²) < 4.78 is 37.0. The van der Waals surface area contributed by atoms with Crippen molar-refractivity contribution in [1.29, 1.82) is 0 Å². The van der Waals surface area contributed by atoms with E-state index in [-0.39, 0.29) is 35.8 Å². The maximum atomic E-state index is 14.1. The van der Waals surface area contributed by atoms with E-state index in [0.717, 1.165) is 11.1 Å². The Morgan fingerprint density at radius 3 is 2.17 bits per heavy atom. The summed E-state index contributed by atoms with van der Waals surface area (Å²) in [5.41, 5.74) is 2.15. The number of rotatable bonds is 14. The number of esters is 1. The van der Waals surface area contributed by atoms with Gasteiger partial charge in [-0.05, 0) is 66.4 Å². The molecule has 42 heavy (non-hydrogen) atoms. The first-order valence-electron chi connectivity index (χ1n) is 14.2. The number of carbonyl (C=O) groups excluding carboxylic acids is 2. The summed E-state index contributed by atoms with van der Waals surface area (Å²) in [4.78, 5) is 26.5. The number of Topliss-reactive ketones (excluding diaryl/α,β-unsaturated/α-hetero) is 1. The van der Waals surface area contributed by atoms with Crippen LogP contribution in [0, 0.1) is 11.7 Å². The van der Waals surface area contributed by atoms with Crippen LogP contribution in [-0.2, 0) is 20.6 Å². The van der Waals surface area contributed by atoms with Gasteiger partial charge in [0.2, 0.25) is 0 Å². The smallest absolute Gasteiger partial charge is 0.306 e. The zero-order chi connectivity index (χ0) is 30.9. The van der Waals surface area contributed by atoms with Gasteiger partial charge in [-0.1, -0.05) is 63.2 Å². The molecule has 0 spiro atoms. The number of carbonyl (C=O) groups is 2. The van der Waals surface area contributed by atoms with E-state index < -0.39 is 20.2 Å². The number of hydrogen-bond donors (Lipinski definition) is 0. The highest BCUT2D eigenvalue weighted by Gasteiger charge is 2.40. The van der Waals surface area contributed by atoms with Crippen molar-refractivity contribution in [3.8, 4) is 11.5 Å². The molecule has 0 radical (unpaired) electrons. The van der Waals surface area contributed by atoms with Gasteiger partial charge in [-0.25, -0.2) is 4.39 Å². The molecule has 226 valence electrons. The third-order valence-corrected chi connectivity index (χ3v) is 12.5. The van der Waals surface area contributed by atoms with Crippen molar-refractivity contribution in [2.75, 3.05) is 14.2 Å². The zero-order valence-corrected chi connectivity index (χ0v) is 26.7. The van der Waals surface area contributed by atoms with Gasteiger partial charge in [-0.3, -0.25) is 9.59 Å². The fourth-order valence-corrected chi connectivity index (χ4v) is 5.69. The van der Waals surface area contributed by atoms with Crippen LogP contribution >= 0.6 is 0 Å². The van der Waals surface area contributed by atoms with Gasteiger partial charge in [0.15, 0.2) is 14.1 Å². The molecular formula is C34H43FO6Si. The number of ether oxygens (including phenoxy) is 3. The molecule has 0 saturated heterocycles. The monoisotopic (exact) mass is 594 g/mol. The topological polar surface area (TPSA) is 71.1 Å². The van der Waals surface area contributed by atoms with Gasteiger partial charge >= 0.3 is 5.97 Å². The number of methoxy groups -OCH3 is 2. The van der Waals surface area contributed by atoms with E-state index in [9.17, 15) is 14.0 Å². The number of benzene rings is 3. The molecule has 0 heterocycles. The van der Waals surface area contributed by atoms with Gasteiger partial charge in [0.05, 0.1) is 32.3 Å². The lowest BCUT2D eigenvalue weighted by Crippen LogP contribution is -2.42. The molecule has 8 heteroatoms. The summed E-state index contributed by atoms with van der Waals surface area (Å²) in [6.45, 7) is 11.1. The van der Waals surface area contributed by atoms with Gasteiger partial charge in [-0.2, -0.15) is 0 Å². The van der Waals surface area contributed by atoms with Crippen LogP contribution in [0.5, 0.6) is 11.5 Å². The molecule has 0 aromatic heterocycles. The van der Waals surface area contributed by atoms with Crippen molar-refractivity contribution in [2.45, 2.75) is 70.9 Å². The lowest BCUT2D eigenvalue weighted by Gasteiger charge is -2.39. The summed E-state index contributed by atoms with van der Waals surface area (Å²) in [6, 6.07) is 21.0. The fourth-order valence-electron chi connectivity index (χ4n) is 4.37. The van der Waals surface area contributed by atoms with Gasteiger partial charge < -0.3 is 18.6 Å². The van der Waals surface area contributed by atoms with Crippen molar-refractivity contribution in [3.05, 3.63) is 95.3 Å². The average Bonchev–Trinajstić information content (AvgIpc) is 2.97. The Labute approximate surface area is 250 Å². The van der Waals surface area contributed by atoms with E-state index in [4.69, 9.17) is 18.6 Å². The third kappa shape index (κ3) is 9.00. The molecule has 1 unspecified atom stereocenters. The van der Waals surface area contributed by atoms with E-state index in [1.54, 1.807) is 37.4 Å². The molecule has 0 N–H and O–H groups in total. The Morgan fingerprint density at radius 1 is 0.905 bits per heavy atom. The normalized spacial score (nSPS) is 13.2. The minimum atomic E-state index is -2.23. The van der Waals surface area contributed by atoms with E-state index in [1.807, 2.05) is 30.3 Å². The Morgan fingerprint density at radius 2 is 1.57 bits per heavy atom. The minimum Gasteiger partial charge on any atom is -0.497 e. The van der Waals surface area contributed by atoms with Crippen LogP contribution in [0.1, 0.15) is 67.6 Å². The standard InChI is InChI=1S/C34H43FO6Si/c1-34(2,3)42(6,7)41-30(25-13-16-27(35)17-14-25)20-15-26(21-32(36)39-5)33(37)29-19-18-28(38-4)22-31(29)40-23-24-11-9-8-10-12-24/h8-14,16-19,22,26,30H,15,20-21,23H2,1-7H3/t26?,30-/m0/s1. The predicted molar refractivity (Wildman–Crippen MR) is 165 cm³/mol. The Kier molecular flexibility index (Phi) is 11.5.